The third kappa shape index (κ3) is 6.85. The highest BCUT2D eigenvalue weighted by Crippen LogP contribution is 2.35. The molecule has 0 spiro atoms. The van der Waals surface area contributed by atoms with Crippen LogP contribution in [0.15, 0.2) is 89.4 Å². The average Bonchev–Trinajstić information content (AvgIpc) is 2.80. The van der Waals surface area contributed by atoms with Crippen LogP contribution in [0.25, 0.3) is 0 Å². The fraction of sp³-hybridized carbons (Fsp3) is 0.120. The van der Waals surface area contributed by atoms with Crippen LogP contribution in [0, 0.1) is 5.92 Å². The van der Waals surface area contributed by atoms with Gasteiger partial charge in [-0.15, -0.1) is 0 Å². The Bertz CT molecular complexity index is 1150. The Balaban J connectivity index is 1.78. The second-order valence-electron chi connectivity index (χ2n) is 7.31. The molecule has 0 saturated carbocycles. The number of phenolic OH excluding ortho intramolecular Hbond substituents is 1. The number of aromatic hydroxyl groups is 1. The lowest BCUT2D eigenvalue weighted by atomic mass is 9.96. The minimum absolute atomic E-state index is 0.0301. The summed E-state index contributed by atoms with van der Waals surface area (Å²) in [6, 6.07) is 20.7. The predicted molar refractivity (Wildman–Crippen MR) is 133 cm³/mol. The number of hydrogen-bond acceptors (Lipinski definition) is 5. The van der Waals surface area contributed by atoms with Crippen molar-refractivity contribution in [1.82, 2.24) is 0 Å². The Morgan fingerprint density at radius 2 is 1.73 bits per heavy atom. The maximum Gasteiger partial charge on any atom is 0.412 e. The second kappa shape index (κ2) is 11.2. The molecule has 0 aliphatic rings. The van der Waals surface area contributed by atoms with Gasteiger partial charge < -0.3 is 20.9 Å². The van der Waals surface area contributed by atoms with Crippen molar-refractivity contribution in [2.24, 2.45) is 5.92 Å². The van der Waals surface area contributed by atoms with E-state index >= 15 is 0 Å². The van der Waals surface area contributed by atoms with E-state index in [9.17, 15) is 14.7 Å². The first kappa shape index (κ1) is 23.9. The van der Waals surface area contributed by atoms with Gasteiger partial charge in [0, 0.05) is 21.6 Å². The lowest BCUT2D eigenvalue weighted by Crippen LogP contribution is -2.21. The van der Waals surface area contributed by atoms with Crippen LogP contribution in [0.4, 0.5) is 21.9 Å². The van der Waals surface area contributed by atoms with Gasteiger partial charge in [0.1, 0.15) is 11.9 Å². The van der Waals surface area contributed by atoms with Gasteiger partial charge in [0.15, 0.2) is 0 Å². The molecule has 0 fully saturated rings. The number of halogens is 1. The fourth-order valence-corrected chi connectivity index (χ4v) is 3.50. The molecule has 3 rings (SSSR count). The first-order valence-electron chi connectivity index (χ1n) is 10.2. The molecule has 3 aromatic carbocycles. The number of benzene rings is 3. The van der Waals surface area contributed by atoms with Gasteiger partial charge >= 0.3 is 6.09 Å². The fourth-order valence-electron chi connectivity index (χ4n) is 3.12. The third-order valence-corrected chi connectivity index (χ3v) is 5.29. The van der Waals surface area contributed by atoms with E-state index in [4.69, 9.17) is 10.5 Å². The minimum atomic E-state index is -0.864. The van der Waals surface area contributed by atoms with Crippen LogP contribution >= 0.6 is 15.9 Å². The topological polar surface area (TPSA) is 114 Å². The van der Waals surface area contributed by atoms with Crippen LogP contribution in [-0.2, 0) is 9.53 Å². The monoisotopic (exact) mass is 509 g/mol. The number of para-hydroxylation sites is 3. The number of phenols is 1. The Kier molecular flexibility index (Phi) is 8.10. The van der Waals surface area contributed by atoms with E-state index in [1.807, 2.05) is 6.07 Å². The van der Waals surface area contributed by atoms with Crippen LogP contribution in [-0.4, -0.2) is 17.1 Å². The molecule has 33 heavy (non-hydrogen) atoms. The van der Waals surface area contributed by atoms with Gasteiger partial charge in [-0.1, -0.05) is 59.3 Å². The lowest BCUT2D eigenvalue weighted by molar-refractivity contribution is -0.111. The van der Waals surface area contributed by atoms with Crippen LogP contribution in [0.2, 0.25) is 0 Å². The van der Waals surface area contributed by atoms with E-state index in [0.29, 0.717) is 27.1 Å². The number of carbonyl (C=O) groups is 2. The summed E-state index contributed by atoms with van der Waals surface area (Å²) in [6.07, 6.45) is 1.40. The van der Waals surface area contributed by atoms with E-state index < -0.39 is 18.1 Å². The molecular formula is C25H24BrN3O4. The number of anilines is 3. The highest BCUT2D eigenvalue weighted by molar-refractivity contribution is 9.10. The first-order valence-corrected chi connectivity index (χ1v) is 11.0. The number of ether oxygens (including phenoxy) is 1. The van der Waals surface area contributed by atoms with Crippen molar-refractivity contribution in [2.45, 2.75) is 13.0 Å². The van der Waals surface area contributed by atoms with Crippen molar-refractivity contribution < 1.29 is 19.4 Å². The van der Waals surface area contributed by atoms with Gasteiger partial charge in [0.05, 0.1) is 11.4 Å². The molecule has 2 amide bonds. The molecule has 170 valence electrons. The standard InChI is InChI=1S/C25H24BrN3O4/c1-16(11-14-23(31)29-21-10-6-5-9-20(21)27)24(19-15-17(26)12-13-22(19)30)33-25(32)28-18-7-3-2-4-8-18/h2-16,24,30H,27H2,1H3,(H,28,32)(H,29,31)/b14-11+/t16-,24-/m1/s1. The molecule has 3 aromatic rings. The summed E-state index contributed by atoms with van der Waals surface area (Å²) in [5.41, 5.74) is 7.78. The van der Waals surface area contributed by atoms with Gasteiger partial charge in [-0.25, -0.2) is 4.79 Å². The van der Waals surface area contributed by atoms with E-state index in [0.717, 1.165) is 0 Å². The normalized spacial score (nSPS) is 12.7. The minimum Gasteiger partial charge on any atom is -0.508 e. The highest BCUT2D eigenvalue weighted by Gasteiger charge is 2.25. The van der Waals surface area contributed by atoms with Crippen molar-refractivity contribution >= 4 is 45.0 Å². The van der Waals surface area contributed by atoms with Crippen molar-refractivity contribution in [3.63, 3.8) is 0 Å². The zero-order chi connectivity index (χ0) is 23.8. The maximum atomic E-state index is 12.6. The number of nitrogens with one attached hydrogen (secondary N) is 2. The maximum absolute atomic E-state index is 12.6. The number of hydrogen-bond donors (Lipinski definition) is 4. The molecule has 0 bridgehead atoms. The molecule has 0 unspecified atom stereocenters. The quantitative estimate of drug-likeness (QED) is 0.235. The van der Waals surface area contributed by atoms with Gasteiger partial charge in [0.25, 0.3) is 0 Å². The number of amides is 2. The summed E-state index contributed by atoms with van der Waals surface area (Å²) >= 11 is 3.38. The number of nitrogen functional groups attached to an aromatic ring is 1. The molecule has 5 N–H and O–H groups in total. The number of nitrogens with two attached hydrogens (primary N) is 1. The van der Waals surface area contributed by atoms with Crippen molar-refractivity contribution in [3.05, 3.63) is 95.0 Å². The SMILES string of the molecule is C[C@H](/C=C/C(=O)Nc1ccccc1N)[C@@H](OC(=O)Nc1ccccc1)c1cc(Br)ccc1O. The van der Waals surface area contributed by atoms with Crippen molar-refractivity contribution in [2.75, 3.05) is 16.4 Å². The largest absolute Gasteiger partial charge is 0.508 e. The Hall–Kier alpha value is -3.78. The molecule has 0 aliphatic heterocycles. The molecule has 0 aromatic heterocycles. The summed E-state index contributed by atoms with van der Waals surface area (Å²) in [6.45, 7) is 1.78. The Morgan fingerprint density at radius 1 is 1.03 bits per heavy atom. The van der Waals surface area contributed by atoms with E-state index in [-0.39, 0.29) is 11.7 Å². The smallest absolute Gasteiger partial charge is 0.412 e. The number of carbonyl (C=O) groups excluding carboxylic acids is 2. The van der Waals surface area contributed by atoms with Gasteiger partial charge in [0.2, 0.25) is 5.91 Å². The van der Waals surface area contributed by atoms with Crippen LogP contribution < -0.4 is 16.4 Å². The molecule has 0 heterocycles. The molecule has 0 radical (unpaired) electrons. The molecule has 8 heteroatoms. The predicted octanol–water partition coefficient (Wildman–Crippen LogP) is 5.86. The summed E-state index contributed by atoms with van der Waals surface area (Å²) in [7, 11) is 0. The Labute approximate surface area is 200 Å². The molecular weight excluding hydrogens is 486 g/mol. The number of rotatable bonds is 7. The summed E-state index contributed by atoms with van der Waals surface area (Å²) in [5, 5.41) is 15.8. The van der Waals surface area contributed by atoms with Crippen LogP contribution in [0.1, 0.15) is 18.6 Å². The summed E-state index contributed by atoms with van der Waals surface area (Å²) in [5.74, 6) is -0.867. The highest BCUT2D eigenvalue weighted by atomic mass is 79.9. The molecule has 2 atom stereocenters. The zero-order valence-electron chi connectivity index (χ0n) is 17.9. The van der Waals surface area contributed by atoms with E-state index in [1.165, 1.54) is 12.1 Å². The average molecular weight is 510 g/mol. The first-order chi connectivity index (χ1) is 15.8. The molecule has 0 aliphatic carbocycles. The summed E-state index contributed by atoms with van der Waals surface area (Å²) in [4.78, 5) is 25.0. The molecule has 7 nitrogen and oxygen atoms in total. The van der Waals surface area contributed by atoms with Crippen molar-refractivity contribution in [1.29, 1.82) is 0 Å². The van der Waals surface area contributed by atoms with Gasteiger partial charge in [-0.3, -0.25) is 10.1 Å². The van der Waals surface area contributed by atoms with Gasteiger partial charge in [-0.2, -0.15) is 0 Å². The van der Waals surface area contributed by atoms with Crippen molar-refractivity contribution in [3.8, 4) is 5.75 Å². The van der Waals surface area contributed by atoms with Gasteiger partial charge in [-0.05, 0) is 48.5 Å². The van der Waals surface area contributed by atoms with E-state index in [1.54, 1.807) is 73.7 Å². The van der Waals surface area contributed by atoms with Crippen LogP contribution in [0.5, 0.6) is 5.75 Å². The Morgan fingerprint density at radius 3 is 2.45 bits per heavy atom. The second-order valence-corrected chi connectivity index (χ2v) is 8.23. The zero-order valence-corrected chi connectivity index (χ0v) is 19.5. The van der Waals surface area contributed by atoms with E-state index in [2.05, 4.69) is 26.6 Å². The lowest BCUT2D eigenvalue weighted by Gasteiger charge is -2.23. The summed E-state index contributed by atoms with van der Waals surface area (Å²) < 4.78 is 6.38. The third-order valence-electron chi connectivity index (χ3n) is 4.80. The molecule has 0 saturated heterocycles. The van der Waals surface area contributed by atoms with Crippen LogP contribution in [0.3, 0.4) is 0 Å².